The third-order valence-corrected chi connectivity index (χ3v) is 4.51. The van der Waals surface area contributed by atoms with Crippen LogP contribution in [0, 0.1) is 0 Å². The summed E-state index contributed by atoms with van der Waals surface area (Å²) in [6, 6.07) is 0. The molecule has 0 aliphatic carbocycles. The summed E-state index contributed by atoms with van der Waals surface area (Å²) in [7, 11) is 0. The molecule has 0 amide bonds. The van der Waals surface area contributed by atoms with E-state index in [2.05, 4.69) is 10.1 Å². The van der Waals surface area contributed by atoms with Crippen molar-refractivity contribution in [2.45, 2.75) is 30.1 Å². The lowest BCUT2D eigenvalue weighted by Gasteiger charge is -2.15. The van der Waals surface area contributed by atoms with Gasteiger partial charge in [-0.05, 0) is 25.0 Å². The van der Waals surface area contributed by atoms with E-state index in [1.807, 2.05) is 11.8 Å². The molecule has 0 spiro atoms. The molecule has 1 aromatic rings. The van der Waals surface area contributed by atoms with Crippen LogP contribution in [0.25, 0.3) is 0 Å². The molecular formula is C10H15N3O2S. The van der Waals surface area contributed by atoms with Crippen LogP contribution < -0.4 is 5.73 Å². The van der Waals surface area contributed by atoms with Crippen molar-refractivity contribution in [3.63, 3.8) is 0 Å². The Morgan fingerprint density at radius 2 is 2.44 bits per heavy atom. The summed E-state index contributed by atoms with van der Waals surface area (Å²) in [4.78, 5) is 4.44. The number of hydrogen-bond acceptors (Lipinski definition) is 6. The average molecular weight is 241 g/mol. The highest BCUT2D eigenvalue weighted by atomic mass is 32.2. The van der Waals surface area contributed by atoms with Gasteiger partial charge in [0.1, 0.15) is 5.54 Å². The molecule has 2 aliphatic heterocycles. The first-order valence-electron chi connectivity index (χ1n) is 5.60. The van der Waals surface area contributed by atoms with Crippen LogP contribution >= 0.6 is 11.8 Å². The highest BCUT2D eigenvalue weighted by molar-refractivity contribution is 7.99. The van der Waals surface area contributed by atoms with Crippen LogP contribution in [-0.2, 0) is 10.3 Å². The third kappa shape index (κ3) is 1.74. The molecule has 2 atom stereocenters. The first-order valence-corrected chi connectivity index (χ1v) is 6.65. The van der Waals surface area contributed by atoms with Crippen molar-refractivity contribution in [2.75, 3.05) is 19.0 Å². The summed E-state index contributed by atoms with van der Waals surface area (Å²) in [5, 5.41) is 4.44. The fourth-order valence-electron chi connectivity index (χ4n) is 2.10. The Balaban J connectivity index is 1.81. The number of nitrogens with zero attached hydrogens (tertiary/aromatic N) is 2. The lowest BCUT2D eigenvalue weighted by atomic mass is 10.0. The van der Waals surface area contributed by atoms with Crippen LogP contribution in [0.15, 0.2) is 4.52 Å². The minimum atomic E-state index is -0.561. The Morgan fingerprint density at radius 3 is 3.12 bits per heavy atom. The molecule has 0 bridgehead atoms. The van der Waals surface area contributed by atoms with Crippen LogP contribution in [0.5, 0.6) is 0 Å². The van der Waals surface area contributed by atoms with Gasteiger partial charge in [-0.3, -0.25) is 0 Å². The van der Waals surface area contributed by atoms with Gasteiger partial charge in [-0.25, -0.2) is 0 Å². The zero-order valence-electron chi connectivity index (χ0n) is 9.02. The molecule has 2 saturated heterocycles. The minimum absolute atomic E-state index is 0.392. The second-order valence-electron chi connectivity index (χ2n) is 4.42. The second-order valence-corrected chi connectivity index (χ2v) is 5.73. The van der Waals surface area contributed by atoms with Crippen LogP contribution in [0.1, 0.15) is 36.2 Å². The molecule has 3 heterocycles. The minimum Gasteiger partial charge on any atom is -0.379 e. The molecule has 0 aromatic carbocycles. The van der Waals surface area contributed by atoms with Crippen molar-refractivity contribution >= 4 is 11.8 Å². The van der Waals surface area contributed by atoms with Gasteiger partial charge in [0.25, 0.3) is 0 Å². The maximum atomic E-state index is 6.16. The lowest BCUT2D eigenvalue weighted by molar-refractivity contribution is 0.166. The van der Waals surface area contributed by atoms with Gasteiger partial charge in [0.05, 0.1) is 11.9 Å². The van der Waals surface area contributed by atoms with Gasteiger partial charge in [0.15, 0.2) is 5.82 Å². The van der Waals surface area contributed by atoms with Gasteiger partial charge in [0.2, 0.25) is 5.89 Å². The molecule has 16 heavy (non-hydrogen) atoms. The monoisotopic (exact) mass is 241 g/mol. The summed E-state index contributed by atoms with van der Waals surface area (Å²) in [5.41, 5.74) is 5.60. The highest BCUT2D eigenvalue weighted by Gasteiger charge is 2.38. The Bertz CT molecular complexity index is 370. The Hall–Kier alpha value is -0.590. The molecule has 3 rings (SSSR count). The van der Waals surface area contributed by atoms with E-state index in [0.29, 0.717) is 24.4 Å². The van der Waals surface area contributed by atoms with Crippen molar-refractivity contribution in [1.82, 2.24) is 10.1 Å². The fourth-order valence-corrected chi connectivity index (χ4v) is 3.29. The van der Waals surface area contributed by atoms with Gasteiger partial charge >= 0.3 is 0 Å². The van der Waals surface area contributed by atoms with Gasteiger partial charge in [-0.1, -0.05) is 5.16 Å². The highest BCUT2D eigenvalue weighted by Crippen LogP contribution is 2.39. The van der Waals surface area contributed by atoms with Gasteiger partial charge in [0, 0.05) is 6.61 Å². The standard InChI is InChI=1S/C10H15N3O2S/c11-10(3-4-14-6-10)9-12-8(13-15-9)7-2-1-5-16-7/h7H,1-6,11H2. The maximum Gasteiger partial charge on any atom is 0.249 e. The average Bonchev–Trinajstić information content (AvgIpc) is 2.98. The van der Waals surface area contributed by atoms with E-state index in [0.717, 1.165) is 18.7 Å². The smallest absolute Gasteiger partial charge is 0.249 e. The molecule has 6 heteroatoms. The van der Waals surface area contributed by atoms with E-state index in [1.165, 1.54) is 12.2 Å². The Labute approximate surface area is 98.1 Å². The van der Waals surface area contributed by atoms with E-state index < -0.39 is 5.54 Å². The summed E-state index contributed by atoms with van der Waals surface area (Å²) < 4.78 is 10.6. The molecule has 2 fully saturated rings. The largest absolute Gasteiger partial charge is 0.379 e. The first-order chi connectivity index (χ1) is 7.78. The summed E-state index contributed by atoms with van der Waals surface area (Å²) in [5.74, 6) is 2.52. The predicted octanol–water partition coefficient (Wildman–Crippen LogP) is 1.21. The zero-order valence-corrected chi connectivity index (χ0v) is 9.83. The van der Waals surface area contributed by atoms with Crippen molar-refractivity contribution in [3.8, 4) is 0 Å². The van der Waals surface area contributed by atoms with E-state index in [9.17, 15) is 0 Å². The number of aromatic nitrogens is 2. The quantitative estimate of drug-likeness (QED) is 0.839. The summed E-state index contributed by atoms with van der Waals surface area (Å²) >= 11 is 1.89. The molecule has 0 saturated carbocycles. The number of hydrogen-bond donors (Lipinski definition) is 1. The van der Waals surface area contributed by atoms with E-state index >= 15 is 0 Å². The van der Waals surface area contributed by atoms with Crippen LogP contribution in [-0.4, -0.2) is 29.1 Å². The van der Waals surface area contributed by atoms with Crippen LogP contribution in [0.4, 0.5) is 0 Å². The van der Waals surface area contributed by atoms with Crippen molar-refractivity contribution < 1.29 is 9.26 Å². The topological polar surface area (TPSA) is 74.2 Å². The maximum absolute atomic E-state index is 6.16. The summed E-state index contributed by atoms with van der Waals surface area (Å²) in [6.45, 7) is 1.15. The van der Waals surface area contributed by atoms with Crippen LogP contribution in [0.2, 0.25) is 0 Å². The second kappa shape index (κ2) is 4.01. The normalized spacial score (nSPS) is 34.7. The Morgan fingerprint density at radius 1 is 1.50 bits per heavy atom. The number of thioether (sulfide) groups is 1. The SMILES string of the molecule is NC1(c2nc(C3CCCS3)no2)CCOC1. The van der Waals surface area contributed by atoms with Crippen molar-refractivity contribution in [2.24, 2.45) is 5.73 Å². The third-order valence-electron chi connectivity index (χ3n) is 3.14. The summed E-state index contributed by atoms with van der Waals surface area (Å²) in [6.07, 6.45) is 3.13. The van der Waals surface area contributed by atoms with E-state index in [-0.39, 0.29) is 0 Å². The van der Waals surface area contributed by atoms with E-state index in [4.69, 9.17) is 15.0 Å². The zero-order chi connectivity index (χ0) is 11.0. The molecule has 0 radical (unpaired) electrons. The number of nitrogens with two attached hydrogens (primary N) is 1. The molecule has 1 aromatic heterocycles. The molecule has 5 nitrogen and oxygen atoms in total. The molecule has 2 aliphatic rings. The molecular weight excluding hydrogens is 226 g/mol. The van der Waals surface area contributed by atoms with Gasteiger partial charge in [-0.2, -0.15) is 16.7 Å². The fraction of sp³-hybridized carbons (Fsp3) is 0.800. The van der Waals surface area contributed by atoms with E-state index in [1.54, 1.807) is 0 Å². The van der Waals surface area contributed by atoms with Gasteiger partial charge in [-0.15, -0.1) is 0 Å². The molecule has 88 valence electrons. The first kappa shape index (κ1) is 10.6. The van der Waals surface area contributed by atoms with Crippen LogP contribution in [0.3, 0.4) is 0 Å². The number of rotatable bonds is 2. The Kier molecular flexibility index (Phi) is 2.65. The molecule has 2 N–H and O–H groups in total. The lowest BCUT2D eigenvalue weighted by Crippen LogP contribution is -2.37. The van der Waals surface area contributed by atoms with Gasteiger partial charge < -0.3 is 15.0 Å². The van der Waals surface area contributed by atoms with Crippen molar-refractivity contribution in [1.29, 1.82) is 0 Å². The number of ether oxygens (including phenoxy) is 1. The molecule has 2 unspecified atom stereocenters. The predicted molar refractivity (Wildman–Crippen MR) is 60.0 cm³/mol. The van der Waals surface area contributed by atoms with Crippen molar-refractivity contribution in [3.05, 3.63) is 11.7 Å².